The summed E-state index contributed by atoms with van der Waals surface area (Å²) < 4.78 is 4.93. The molecule has 0 bridgehead atoms. The number of aromatic nitrogens is 2. The molecule has 6 heteroatoms. The molecule has 0 saturated heterocycles. The molecule has 2 aromatic rings. The average Bonchev–Trinajstić information content (AvgIpc) is 2.83. The summed E-state index contributed by atoms with van der Waals surface area (Å²) in [6, 6.07) is 5.13. The molecule has 2 heterocycles. The fraction of sp³-hybridized carbons (Fsp3) is 0.100. The number of rotatable bonds is 3. The molecule has 0 atom stereocenters. The molecule has 0 saturated carbocycles. The smallest absolute Gasteiger partial charge is 0.266 e. The number of carbonyl (C=O) groups excluding carboxylic acids is 1. The van der Waals surface area contributed by atoms with Crippen molar-refractivity contribution in [1.29, 1.82) is 0 Å². The molecule has 0 fully saturated rings. The van der Waals surface area contributed by atoms with Crippen LogP contribution in [-0.4, -0.2) is 23.0 Å². The molecule has 0 spiro atoms. The lowest BCUT2D eigenvalue weighted by molar-refractivity contribution is 0.103. The van der Waals surface area contributed by atoms with Crippen LogP contribution in [-0.2, 0) is 0 Å². The van der Waals surface area contributed by atoms with Gasteiger partial charge in [-0.25, -0.2) is 9.97 Å². The van der Waals surface area contributed by atoms with E-state index in [0.29, 0.717) is 16.6 Å². The van der Waals surface area contributed by atoms with E-state index in [4.69, 9.17) is 4.74 Å². The predicted molar refractivity (Wildman–Crippen MR) is 60.9 cm³/mol. The van der Waals surface area contributed by atoms with E-state index in [1.807, 2.05) is 11.4 Å². The van der Waals surface area contributed by atoms with Crippen molar-refractivity contribution in [1.82, 2.24) is 9.97 Å². The van der Waals surface area contributed by atoms with Gasteiger partial charge in [0.25, 0.3) is 5.91 Å². The molecular weight excluding hydrogens is 226 g/mol. The molecular formula is C10H9N3O2S. The molecule has 2 aromatic heterocycles. The van der Waals surface area contributed by atoms with Crippen molar-refractivity contribution >= 4 is 23.1 Å². The molecule has 0 aliphatic carbocycles. The van der Waals surface area contributed by atoms with Crippen LogP contribution in [0, 0.1) is 0 Å². The second-order valence-electron chi connectivity index (χ2n) is 2.88. The van der Waals surface area contributed by atoms with E-state index in [1.54, 1.807) is 12.1 Å². The van der Waals surface area contributed by atoms with Crippen molar-refractivity contribution in [3.63, 3.8) is 0 Å². The average molecular weight is 235 g/mol. The van der Waals surface area contributed by atoms with Crippen LogP contribution in [0.5, 0.6) is 5.88 Å². The highest BCUT2D eigenvalue weighted by Gasteiger charge is 2.08. The first-order valence-corrected chi connectivity index (χ1v) is 5.38. The number of anilines is 1. The normalized spacial score (nSPS) is 9.81. The second-order valence-corrected chi connectivity index (χ2v) is 3.82. The summed E-state index contributed by atoms with van der Waals surface area (Å²) in [6.45, 7) is 0. The van der Waals surface area contributed by atoms with Gasteiger partial charge in [0, 0.05) is 6.07 Å². The first-order chi connectivity index (χ1) is 7.79. The summed E-state index contributed by atoms with van der Waals surface area (Å²) in [7, 11) is 1.51. The van der Waals surface area contributed by atoms with E-state index in [-0.39, 0.29) is 5.91 Å². The van der Waals surface area contributed by atoms with E-state index in [2.05, 4.69) is 15.3 Å². The molecule has 0 aliphatic heterocycles. The van der Waals surface area contributed by atoms with Gasteiger partial charge in [0.05, 0.1) is 12.0 Å². The highest BCUT2D eigenvalue weighted by atomic mass is 32.1. The number of ether oxygens (including phenoxy) is 1. The summed E-state index contributed by atoms with van der Waals surface area (Å²) in [4.78, 5) is 20.1. The third-order valence-corrected chi connectivity index (χ3v) is 2.71. The summed E-state index contributed by atoms with van der Waals surface area (Å²) in [5.41, 5.74) is 0. The summed E-state index contributed by atoms with van der Waals surface area (Å²) in [5.74, 6) is 0.650. The fourth-order valence-electron chi connectivity index (χ4n) is 1.11. The first-order valence-electron chi connectivity index (χ1n) is 4.50. The first kappa shape index (κ1) is 10.6. The number of nitrogens with one attached hydrogen (secondary N) is 1. The Morgan fingerprint density at radius 2 is 2.38 bits per heavy atom. The topological polar surface area (TPSA) is 64.1 Å². The Morgan fingerprint density at radius 1 is 1.50 bits per heavy atom. The lowest BCUT2D eigenvalue weighted by Gasteiger charge is -2.03. The molecule has 16 heavy (non-hydrogen) atoms. The van der Waals surface area contributed by atoms with Gasteiger partial charge in [0.15, 0.2) is 0 Å². The standard InChI is InChI=1S/C10H9N3O2S/c1-15-9-5-8(11-6-12-9)13-10(14)7-3-2-4-16-7/h2-6H,1H3,(H,11,12,13,14). The number of methoxy groups -OCH3 is 1. The number of thiophene rings is 1. The molecule has 0 radical (unpaired) electrons. The van der Waals surface area contributed by atoms with Gasteiger partial charge >= 0.3 is 0 Å². The monoisotopic (exact) mass is 235 g/mol. The Morgan fingerprint density at radius 3 is 3.06 bits per heavy atom. The van der Waals surface area contributed by atoms with Crippen LogP contribution in [0.3, 0.4) is 0 Å². The quantitative estimate of drug-likeness (QED) is 0.881. The zero-order valence-electron chi connectivity index (χ0n) is 8.51. The lowest BCUT2D eigenvalue weighted by atomic mass is 10.4. The van der Waals surface area contributed by atoms with Crippen molar-refractivity contribution in [2.24, 2.45) is 0 Å². The molecule has 0 aliphatic rings. The zero-order chi connectivity index (χ0) is 11.4. The van der Waals surface area contributed by atoms with Crippen molar-refractivity contribution in [2.75, 3.05) is 12.4 Å². The summed E-state index contributed by atoms with van der Waals surface area (Å²) in [6.07, 6.45) is 1.34. The van der Waals surface area contributed by atoms with Crippen LogP contribution in [0.4, 0.5) is 5.82 Å². The maximum atomic E-state index is 11.7. The van der Waals surface area contributed by atoms with E-state index in [0.717, 1.165) is 0 Å². The second kappa shape index (κ2) is 4.71. The summed E-state index contributed by atoms with van der Waals surface area (Å²) in [5, 5.41) is 4.50. The van der Waals surface area contributed by atoms with Gasteiger partial charge in [-0.15, -0.1) is 11.3 Å². The minimum Gasteiger partial charge on any atom is -0.481 e. The molecule has 5 nitrogen and oxygen atoms in total. The van der Waals surface area contributed by atoms with Gasteiger partial charge in [0.2, 0.25) is 5.88 Å². The number of hydrogen-bond acceptors (Lipinski definition) is 5. The number of hydrogen-bond donors (Lipinski definition) is 1. The van der Waals surface area contributed by atoms with Crippen LogP contribution < -0.4 is 10.1 Å². The SMILES string of the molecule is COc1cc(NC(=O)c2cccs2)ncn1. The maximum absolute atomic E-state index is 11.7. The van der Waals surface area contributed by atoms with E-state index < -0.39 is 0 Å². The number of carbonyl (C=O) groups is 1. The Labute approximate surface area is 96.1 Å². The van der Waals surface area contributed by atoms with E-state index in [9.17, 15) is 4.79 Å². The molecule has 2 rings (SSSR count). The third kappa shape index (κ3) is 2.34. The van der Waals surface area contributed by atoms with Crippen LogP contribution in [0.2, 0.25) is 0 Å². The Hall–Kier alpha value is -1.95. The van der Waals surface area contributed by atoms with Crippen molar-refractivity contribution < 1.29 is 9.53 Å². The van der Waals surface area contributed by atoms with Gasteiger partial charge in [0.1, 0.15) is 12.1 Å². The molecule has 82 valence electrons. The van der Waals surface area contributed by atoms with E-state index >= 15 is 0 Å². The molecule has 0 unspecified atom stereocenters. The van der Waals surface area contributed by atoms with Crippen molar-refractivity contribution in [3.8, 4) is 5.88 Å². The molecule has 1 amide bonds. The van der Waals surface area contributed by atoms with Crippen LogP contribution in [0.25, 0.3) is 0 Å². The van der Waals surface area contributed by atoms with Crippen molar-refractivity contribution in [3.05, 3.63) is 34.8 Å². The highest BCUT2D eigenvalue weighted by Crippen LogP contribution is 2.13. The Balaban J connectivity index is 2.12. The maximum Gasteiger partial charge on any atom is 0.266 e. The van der Waals surface area contributed by atoms with E-state index in [1.165, 1.54) is 24.8 Å². The minimum atomic E-state index is -0.184. The van der Waals surface area contributed by atoms with Gasteiger partial charge in [-0.1, -0.05) is 6.07 Å². The minimum absolute atomic E-state index is 0.184. The van der Waals surface area contributed by atoms with Gasteiger partial charge in [-0.3, -0.25) is 4.79 Å². The highest BCUT2D eigenvalue weighted by molar-refractivity contribution is 7.12. The van der Waals surface area contributed by atoms with Gasteiger partial charge in [-0.2, -0.15) is 0 Å². The largest absolute Gasteiger partial charge is 0.481 e. The van der Waals surface area contributed by atoms with Crippen LogP contribution >= 0.6 is 11.3 Å². The molecule has 1 N–H and O–H groups in total. The summed E-state index contributed by atoms with van der Waals surface area (Å²) >= 11 is 1.37. The number of nitrogens with zero attached hydrogens (tertiary/aromatic N) is 2. The lowest BCUT2D eigenvalue weighted by Crippen LogP contribution is -2.11. The van der Waals surface area contributed by atoms with Crippen LogP contribution in [0.15, 0.2) is 29.9 Å². The third-order valence-electron chi connectivity index (χ3n) is 1.84. The predicted octanol–water partition coefficient (Wildman–Crippen LogP) is 1.80. The van der Waals surface area contributed by atoms with Crippen molar-refractivity contribution in [2.45, 2.75) is 0 Å². The van der Waals surface area contributed by atoms with Crippen LogP contribution in [0.1, 0.15) is 9.67 Å². The van der Waals surface area contributed by atoms with Gasteiger partial charge < -0.3 is 10.1 Å². The van der Waals surface area contributed by atoms with Gasteiger partial charge in [-0.05, 0) is 11.4 Å². The Kier molecular flexibility index (Phi) is 3.11. The Bertz CT molecular complexity index is 485. The fourth-order valence-corrected chi connectivity index (χ4v) is 1.72. The number of amides is 1. The zero-order valence-corrected chi connectivity index (χ0v) is 9.32. The molecule has 0 aromatic carbocycles.